The van der Waals surface area contributed by atoms with Crippen molar-refractivity contribution >= 4 is 17.3 Å². The molecule has 0 aliphatic carbocycles. The van der Waals surface area contributed by atoms with Gasteiger partial charge < -0.3 is 9.15 Å². The number of furan rings is 1. The van der Waals surface area contributed by atoms with E-state index >= 15 is 0 Å². The fraction of sp³-hybridized carbons (Fsp3) is 0. The normalized spacial score (nSPS) is 10.3. The van der Waals surface area contributed by atoms with Crippen LogP contribution in [0.2, 0.25) is 0 Å². The molecule has 0 amide bonds. The van der Waals surface area contributed by atoms with Gasteiger partial charge >= 0.3 is 0 Å². The number of ether oxygens (including phenoxy) is 1. The van der Waals surface area contributed by atoms with Crippen LogP contribution in [-0.4, -0.2) is 6.29 Å². The van der Waals surface area contributed by atoms with Crippen molar-refractivity contribution in [2.75, 3.05) is 0 Å². The molecule has 5 heteroatoms. The quantitative estimate of drug-likeness (QED) is 0.679. The molecule has 0 bridgehead atoms. The SMILES string of the molecule is N#Cc1oc2ccccc2c1Oc1cccc(F)c1C=O. The Bertz CT molecular complexity index is 877. The zero-order chi connectivity index (χ0) is 14.8. The lowest BCUT2D eigenvalue weighted by Crippen LogP contribution is -1.94. The molecule has 3 aromatic rings. The van der Waals surface area contributed by atoms with Gasteiger partial charge in [0.05, 0.1) is 10.9 Å². The number of nitrogens with zero attached hydrogens (tertiary/aromatic N) is 1. The standard InChI is InChI=1S/C16H8FNO3/c17-12-5-3-7-14(11(12)9-19)21-16-10-4-1-2-6-13(10)20-15(16)8-18/h1-7,9H. The summed E-state index contributed by atoms with van der Waals surface area (Å²) in [4.78, 5) is 11.0. The summed E-state index contributed by atoms with van der Waals surface area (Å²) in [6.07, 6.45) is 0.374. The molecule has 1 heterocycles. The first-order valence-corrected chi connectivity index (χ1v) is 6.07. The van der Waals surface area contributed by atoms with Gasteiger partial charge in [-0.3, -0.25) is 4.79 Å². The molecule has 0 unspecified atom stereocenters. The van der Waals surface area contributed by atoms with Crippen LogP contribution in [0.3, 0.4) is 0 Å². The molecule has 0 spiro atoms. The van der Waals surface area contributed by atoms with Crippen LogP contribution in [0.15, 0.2) is 46.9 Å². The van der Waals surface area contributed by atoms with E-state index in [-0.39, 0.29) is 22.8 Å². The predicted molar refractivity (Wildman–Crippen MR) is 72.8 cm³/mol. The maximum Gasteiger partial charge on any atom is 0.247 e. The summed E-state index contributed by atoms with van der Waals surface area (Å²) in [5, 5.41) is 9.69. The lowest BCUT2D eigenvalue weighted by Gasteiger charge is -2.07. The molecule has 3 rings (SSSR count). The van der Waals surface area contributed by atoms with Crippen LogP contribution < -0.4 is 4.74 Å². The Kier molecular flexibility index (Phi) is 3.13. The Hall–Kier alpha value is -3.13. The Morgan fingerprint density at radius 2 is 2.00 bits per heavy atom. The second-order valence-electron chi connectivity index (χ2n) is 4.24. The maximum atomic E-state index is 13.6. The summed E-state index contributed by atoms with van der Waals surface area (Å²) in [7, 11) is 0. The molecule has 0 saturated carbocycles. The van der Waals surface area contributed by atoms with Crippen molar-refractivity contribution in [3.63, 3.8) is 0 Å². The van der Waals surface area contributed by atoms with E-state index < -0.39 is 5.82 Å². The fourth-order valence-electron chi connectivity index (χ4n) is 2.03. The van der Waals surface area contributed by atoms with E-state index in [1.807, 2.05) is 6.07 Å². The third kappa shape index (κ3) is 2.13. The first kappa shape index (κ1) is 12.9. The van der Waals surface area contributed by atoms with Crippen LogP contribution in [0, 0.1) is 17.1 Å². The Labute approximate surface area is 119 Å². The summed E-state index contributed by atoms with van der Waals surface area (Å²) >= 11 is 0. The van der Waals surface area contributed by atoms with Crippen molar-refractivity contribution in [1.82, 2.24) is 0 Å². The van der Waals surface area contributed by atoms with E-state index in [0.717, 1.165) is 6.07 Å². The van der Waals surface area contributed by atoms with Gasteiger partial charge in [-0.15, -0.1) is 0 Å². The molecule has 0 atom stereocenters. The van der Waals surface area contributed by atoms with Crippen molar-refractivity contribution in [1.29, 1.82) is 5.26 Å². The molecule has 0 aliphatic rings. The van der Waals surface area contributed by atoms with Gasteiger partial charge in [0.2, 0.25) is 5.76 Å². The summed E-state index contributed by atoms with van der Waals surface area (Å²) in [6.45, 7) is 0. The number of nitriles is 1. The lowest BCUT2D eigenvalue weighted by atomic mass is 10.2. The van der Waals surface area contributed by atoms with E-state index in [1.54, 1.807) is 24.3 Å². The van der Waals surface area contributed by atoms with Gasteiger partial charge in [0, 0.05) is 0 Å². The molecule has 0 aliphatic heterocycles. The van der Waals surface area contributed by atoms with E-state index in [4.69, 9.17) is 14.4 Å². The number of hydrogen-bond donors (Lipinski definition) is 0. The Balaban J connectivity index is 2.17. The molecule has 102 valence electrons. The smallest absolute Gasteiger partial charge is 0.247 e. The van der Waals surface area contributed by atoms with Gasteiger partial charge in [-0.1, -0.05) is 18.2 Å². The maximum absolute atomic E-state index is 13.6. The van der Waals surface area contributed by atoms with Crippen LogP contribution in [0.4, 0.5) is 4.39 Å². The Morgan fingerprint density at radius 3 is 2.76 bits per heavy atom. The second-order valence-corrected chi connectivity index (χ2v) is 4.24. The molecule has 0 N–H and O–H groups in total. The first-order chi connectivity index (χ1) is 10.2. The molecule has 21 heavy (non-hydrogen) atoms. The fourth-order valence-corrected chi connectivity index (χ4v) is 2.03. The van der Waals surface area contributed by atoms with E-state index in [9.17, 15) is 9.18 Å². The molecule has 0 fully saturated rings. The molecular weight excluding hydrogens is 273 g/mol. The van der Waals surface area contributed by atoms with Gasteiger partial charge in [0.15, 0.2) is 12.0 Å². The summed E-state index contributed by atoms with van der Waals surface area (Å²) < 4.78 is 24.5. The van der Waals surface area contributed by atoms with Gasteiger partial charge in [0.25, 0.3) is 0 Å². The number of carbonyl (C=O) groups is 1. The largest absolute Gasteiger partial charge is 0.451 e. The molecule has 4 nitrogen and oxygen atoms in total. The summed E-state index contributed by atoms with van der Waals surface area (Å²) in [6, 6.07) is 12.9. The van der Waals surface area contributed by atoms with E-state index in [0.29, 0.717) is 17.3 Å². The Morgan fingerprint density at radius 1 is 1.19 bits per heavy atom. The zero-order valence-electron chi connectivity index (χ0n) is 10.7. The average molecular weight is 281 g/mol. The first-order valence-electron chi connectivity index (χ1n) is 6.07. The predicted octanol–water partition coefficient (Wildman–Crippen LogP) is 4.05. The lowest BCUT2D eigenvalue weighted by molar-refractivity contribution is 0.111. The topological polar surface area (TPSA) is 63.2 Å². The van der Waals surface area contributed by atoms with Crippen molar-refractivity contribution in [3.05, 3.63) is 59.6 Å². The number of para-hydroxylation sites is 1. The van der Waals surface area contributed by atoms with Crippen LogP contribution >= 0.6 is 0 Å². The summed E-state index contributed by atoms with van der Waals surface area (Å²) in [5.41, 5.74) is 0.278. The number of fused-ring (bicyclic) bond motifs is 1. The van der Waals surface area contributed by atoms with Crippen LogP contribution in [0.1, 0.15) is 16.1 Å². The zero-order valence-corrected chi connectivity index (χ0v) is 10.7. The average Bonchev–Trinajstić information content (AvgIpc) is 2.86. The van der Waals surface area contributed by atoms with Crippen LogP contribution in [-0.2, 0) is 0 Å². The monoisotopic (exact) mass is 281 g/mol. The van der Waals surface area contributed by atoms with E-state index in [1.165, 1.54) is 12.1 Å². The van der Waals surface area contributed by atoms with E-state index in [2.05, 4.69) is 0 Å². The van der Waals surface area contributed by atoms with Crippen LogP contribution in [0.5, 0.6) is 11.5 Å². The van der Waals surface area contributed by atoms with Gasteiger partial charge in [0.1, 0.15) is 23.2 Å². The van der Waals surface area contributed by atoms with Crippen molar-refractivity contribution in [2.45, 2.75) is 0 Å². The van der Waals surface area contributed by atoms with Crippen molar-refractivity contribution in [3.8, 4) is 17.6 Å². The highest BCUT2D eigenvalue weighted by molar-refractivity contribution is 5.87. The number of carbonyl (C=O) groups excluding carboxylic acids is 1. The van der Waals surface area contributed by atoms with Crippen LogP contribution in [0.25, 0.3) is 11.0 Å². The molecular formula is C16H8FNO3. The highest BCUT2D eigenvalue weighted by atomic mass is 19.1. The molecule has 0 saturated heterocycles. The van der Waals surface area contributed by atoms with Crippen molar-refractivity contribution in [2.24, 2.45) is 0 Å². The number of rotatable bonds is 3. The summed E-state index contributed by atoms with van der Waals surface area (Å²) in [5.74, 6) is -0.513. The highest BCUT2D eigenvalue weighted by Crippen LogP contribution is 2.36. The number of benzene rings is 2. The molecule has 2 aromatic carbocycles. The number of hydrogen-bond acceptors (Lipinski definition) is 4. The van der Waals surface area contributed by atoms with Gasteiger partial charge in [-0.25, -0.2) is 4.39 Å². The minimum absolute atomic E-state index is 0.0303. The molecule has 0 radical (unpaired) electrons. The minimum Gasteiger partial charge on any atom is -0.451 e. The number of halogens is 1. The van der Waals surface area contributed by atoms with Gasteiger partial charge in [-0.05, 0) is 24.3 Å². The number of aldehydes is 1. The minimum atomic E-state index is -0.686. The highest BCUT2D eigenvalue weighted by Gasteiger charge is 2.18. The third-order valence-corrected chi connectivity index (χ3v) is 2.99. The van der Waals surface area contributed by atoms with Crippen molar-refractivity contribution < 1.29 is 18.3 Å². The second kappa shape index (κ2) is 5.10. The molecule has 1 aromatic heterocycles. The van der Waals surface area contributed by atoms with Gasteiger partial charge in [-0.2, -0.15) is 5.26 Å². The third-order valence-electron chi connectivity index (χ3n) is 2.99.